The Morgan fingerprint density at radius 1 is 1.36 bits per heavy atom. The van der Waals surface area contributed by atoms with Gasteiger partial charge in [0.15, 0.2) is 0 Å². The van der Waals surface area contributed by atoms with Crippen LogP contribution in [0.2, 0.25) is 0 Å². The van der Waals surface area contributed by atoms with Crippen molar-refractivity contribution in [2.45, 2.75) is 33.6 Å². The van der Waals surface area contributed by atoms with Gasteiger partial charge < -0.3 is 0 Å². The smallest absolute Gasteiger partial charge is 0.139 e. The first kappa shape index (κ1) is 7.33. The van der Waals surface area contributed by atoms with E-state index in [1.807, 2.05) is 0 Å². The lowest BCUT2D eigenvalue weighted by molar-refractivity contribution is -0.125. The Morgan fingerprint density at radius 2 is 2.00 bits per heavy atom. The highest BCUT2D eigenvalue weighted by Gasteiger charge is 2.63. The van der Waals surface area contributed by atoms with Crippen LogP contribution in [0.25, 0.3) is 0 Å². The maximum absolute atomic E-state index is 11.6. The van der Waals surface area contributed by atoms with Crippen molar-refractivity contribution in [1.82, 2.24) is 0 Å². The number of Topliss-reactive ketones (excluding diaryl/α,β-unsaturated/α-hetero) is 1. The van der Waals surface area contributed by atoms with Gasteiger partial charge in [0.05, 0.1) is 0 Å². The van der Waals surface area contributed by atoms with Crippen LogP contribution >= 0.6 is 0 Å². The molecule has 2 unspecified atom stereocenters. The summed E-state index contributed by atoms with van der Waals surface area (Å²) in [7, 11) is 0. The Hall–Kier alpha value is -0.330. The Balaban J connectivity index is 2.19. The van der Waals surface area contributed by atoms with Gasteiger partial charge in [-0.2, -0.15) is 0 Å². The number of carbonyl (C=O) groups excluding carboxylic acids is 1. The van der Waals surface area contributed by atoms with E-state index in [0.29, 0.717) is 23.0 Å². The van der Waals surface area contributed by atoms with Crippen LogP contribution in [0.4, 0.5) is 0 Å². The summed E-state index contributed by atoms with van der Waals surface area (Å²) in [5.74, 6) is 2.03. The Bertz CT molecular complexity index is 205. The second kappa shape index (κ2) is 1.88. The molecule has 0 N–H and O–H groups in total. The number of hydrogen-bond acceptors (Lipinski definition) is 1. The molecule has 2 aliphatic carbocycles. The van der Waals surface area contributed by atoms with E-state index in [1.54, 1.807) is 0 Å². The van der Waals surface area contributed by atoms with E-state index in [-0.39, 0.29) is 0 Å². The molecule has 3 atom stereocenters. The molecule has 62 valence electrons. The summed E-state index contributed by atoms with van der Waals surface area (Å²) in [5.41, 5.74) is 0.349. The molecule has 2 aliphatic rings. The zero-order valence-corrected chi connectivity index (χ0v) is 7.55. The quantitative estimate of drug-likeness (QED) is 0.520. The second-order valence-electron chi connectivity index (χ2n) is 4.79. The molecule has 0 heterocycles. The summed E-state index contributed by atoms with van der Waals surface area (Å²) in [5, 5.41) is 0. The fourth-order valence-electron chi connectivity index (χ4n) is 2.73. The average Bonchev–Trinajstić information content (AvgIpc) is 2.46. The molecule has 2 rings (SSSR count). The molecular formula is C10H16O. The third-order valence-electron chi connectivity index (χ3n) is 3.75. The fraction of sp³-hybridized carbons (Fsp3) is 0.900. The molecule has 1 heteroatoms. The molecule has 0 radical (unpaired) electrons. The molecule has 2 fully saturated rings. The highest BCUT2D eigenvalue weighted by Crippen LogP contribution is 2.64. The molecule has 0 spiro atoms. The lowest BCUT2D eigenvalue weighted by atomic mass is 9.90. The molecule has 0 bridgehead atoms. The third kappa shape index (κ3) is 0.800. The molecule has 0 aromatic heterocycles. The zero-order valence-electron chi connectivity index (χ0n) is 7.55. The first-order valence-electron chi connectivity index (χ1n) is 4.59. The van der Waals surface area contributed by atoms with E-state index in [9.17, 15) is 4.79 Å². The number of carbonyl (C=O) groups is 1. The number of ketones is 1. The van der Waals surface area contributed by atoms with Gasteiger partial charge in [0.2, 0.25) is 0 Å². The summed E-state index contributed by atoms with van der Waals surface area (Å²) in [6, 6.07) is 0. The van der Waals surface area contributed by atoms with Crippen LogP contribution in [-0.4, -0.2) is 5.78 Å². The van der Waals surface area contributed by atoms with Crippen molar-refractivity contribution < 1.29 is 4.79 Å². The topological polar surface area (TPSA) is 17.1 Å². The number of fused-ring (bicyclic) bond motifs is 1. The molecule has 0 aliphatic heterocycles. The van der Waals surface area contributed by atoms with Gasteiger partial charge in [0, 0.05) is 11.8 Å². The summed E-state index contributed by atoms with van der Waals surface area (Å²) in [4.78, 5) is 11.6. The van der Waals surface area contributed by atoms with E-state index in [2.05, 4.69) is 20.8 Å². The van der Waals surface area contributed by atoms with Crippen LogP contribution in [0.1, 0.15) is 33.6 Å². The van der Waals surface area contributed by atoms with Crippen LogP contribution in [0.3, 0.4) is 0 Å². The van der Waals surface area contributed by atoms with Crippen LogP contribution in [-0.2, 0) is 4.79 Å². The van der Waals surface area contributed by atoms with Crippen LogP contribution in [0, 0.1) is 23.2 Å². The SMILES string of the molecule is CC1CCC2[C@H](C1=O)C2(C)C. The monoisotopic (exact) mass is 152 g/mol. The summed E-state index contributed by atoms with van der Waals surface area (Å²) < 4.78 is 0. The van der Waals surface area contributed by atoms with Crippen molar-refractivity contribution in [2.75, 3.05) is 0 Å². The minimum absolute atomic E-state index is 0.345. The van der Waals surface area contributed by atoms with Crippen molar-refractivity contribution in [2.24, 2.45) is 23.2 Å². The molecule has 0 aromatic carbocycles. The number of hydrogen-bond donors (Lipinski definition) is 0. The van der Waals surface area contributed by atoms with Gasteiger partial charge in [-0.15, -0.1) is 0 Å². The van der Waals surface area contributed by atoms with E-state index in [0.717, 1.165) is 12.3 Å². The lowest BCUT2D eigenvalue weighted by Gasteiger charge is -2.14. The van der Waals surface area contributed by atoms with Crippen molar-refractivity contribution in [1.29, 1.82) is 0 Å². The van der Waals surface area contributed by atoms with E-state index < -0.39 is 0 Å². The Morgan fingerprint density at radius 3 is 2.55 bits per heavy atom. The van der Waals surface area contributed by atoms with Crippen LogP contribution in [0.15, 0.2) is 0 Å². The maximum atomic E-state index is 11.6. The first-order chi connectivity index (χ1) is 5.05. The third-order valence-corrected chi connectivity index (χ3v) is 3.75. The van der Waals surface area contributed by atoms with Crippen molar-refractivity contribution in [3.8, 4) is 0 Å². The van der Waals surface area contributed by atoms with Gasteiger partial charge in [0.25, 0.3) is 0 Å². The van der Waals surface area contributed by atoms with Gasteiger partial charge in [0.1, 0.15) is 5.78 Å². The van der Waals surface area contributed by atoms with Crippen LogP contribution < -0.4 is 0 Å². The normalized spacial score (nSPS) is 46.8. The van der Waals surface area contributed by atoms with E-state index in [1.165, 1.54) is 6.42 Å². The van der Waals surface area contributed by atoms with Gasteiger partial charge >= 0.3 is 0 Å². The molecule has 1 nitrogen and oxygen atoms in total. The van der Waals surface area contributed by atoms with Crippen molar-refractivity contribution in [3.05, 3.63) is 0 Å². The lowest BCUT2D eigenvalue weighted by Crippen LogP contribution is -2.19. The highest BCUT2D eigenvalue weighted by atomic mass is 16.1. The second-order valence-corrected chi connectivity index (χ2v) is 4.79. The molecule has 11 heavy (non-hydrogen) atoms. The summed E-state index contributed by atoms with van der Waals surface area (Å²) in [6.45, 7) is 6.55. The Kier molecular flexibility index (Phi) is 1.25. The first-order valence-corrected chi connectivity index (χ1v) is 4.59. The zero-order chi connectivity index (χ0) is 8.22. The van der Waals surface area contributed by atoms with Crippen LogP contribution in [0.5, 0.6) is 0 Å². The van der Waals surface area contributed by atoms with Crippen molar-refractivity contribution >= 4 is 5.78 Å². The standard InChI is InChI=1S/C10H16O/c1-6-4-5-7-8(9(6)11)10(7,2)3/h6-8H,4-5H2,1-3H3/t6?,7?,8-/m1/s1. The maximum Gasteiger partial charge on any atom is 0.139 e. The largest absolute Gasteiger partial charge is 0.299 e. The predicted molar refractivity (Wildman–Crippen MR) is 44.2 cm³/mol. The molecule has 0 aromatic rings. The summed E-state index contributed by atoms with van der Waals surface area (Å²) in [6.07, 6.45) is 2.41. The minimum atomic E-state index is 0.345. The fourth-order valence-corrected chi connectivity index (χ4v) is 2.73. The minimum Gasteiger partial charge on any atom is -0.299 e. The molecule has 0 amide bonds. The highest BCUT2D eigenvalue weighted by molar-refractivity contribution is 5.88. The van der Waals surface area contributed by atoms with Gasteiger partial charge in [-0.3, -0.25) is 4.79 Å². The van der Waals surface area contributed by atoms with E-state index >= 15 is 0 Å². The van der Waals surface area contributed by atoms with Gasteiger partial charge in [-0.1, -0.05) is 20.8 Å². The molecule has 0 saturated heterocycles. The molecule has 2 saturated carbocycles. The number of rotatable bonds is 0. The van der Waals surface area contributed by atoms with Gasteiger partial charge in [-0.05, 0) is 24.2 Å². The molecular weight excluding hydrogens is 136 g/mol. The van der Waals surface area contributed by atoms with E-state index in [4.69, 9.17) is 0 Å². The Labute approximate surface area is 68.2 Å². The van der Waals surface area contributed by atoms with Gasteiger partial charge in [-0.25, -0.2) is 0 Å². The predicted octanol–water partition coefficient (Wildman–Crippen LogP) is 2.26. The summed E-state index contributed by atoms with van der Waals surface area (Å²) >= 11 is 0. The average molecular weight is 152 g/mol. The van der Waals surface area contributed by atoms with Crippen molar-refractivity contribution in [3.63, 3.8) is 0 Å².